The van der Waals surface area contributed by atoms with Crippen LogP contribution >= 0.6 is 0 Å². The molecule has 0 saturated carbocycles. The van der Waals surface area contributed by atoms with Crippen LogP contribution < -0.4 is 10.1 Å². The van der Waals surface area contributed by atoms with Gasteiger partial charge in [-0.25, -0.2) is 9.40 Å². The number of hydrazone groups is 1. The van der Waals surface area contributed by atoms with Crippen molar-refractivity contribution < 1.29 is 18.7 Å². The molecule has 1 aliphatic heterocycles. The molecular formula is C20H20FN3O3. The monoisotopic (exact) mass is 369 g/mol. The first-order valence-electron chi connectivity index (χ1n) is 8.54. The van der Waals surface area contributed by atoms with Crippen molar-refractivity contribution in [1.29, 1.82) is 0 Å². The highest BCUT2D eigenvalue weighted by Crippen LogP contribution is 2.25. The molecule has 2 aromatic carbocycles. The molecule has 7 heteroatoms. The summed E-state index contributed by atoms with van der Waals surface area (Å²) >= 11 is 0. The number of rotatable bonds is 5. The van der Waals surface area contributed by atoms with E-state index in [1.165, 1.54) is 24.3 Å². The van der Waals surface area contributed by atoms with Crippen molar-refractivity contribution in [3.63, 3.8) is 0 Å². The fourth-order valence-corrected chi connectivity index (χ4v) is 2.77. The van der Waals surface area contributed by atoms with E-state index in [2.05, 4.69) is 10.4 Å². The van der Waals surface area contributed by atoms with Gasteiger partial charge in [0.15, 0.2) is 0 Å². The smallest absolute Gasteiger partial charge is 0.271 e. The fourth-order valence-electron chi connectivity index (χ4n) is 2.77. The summed E-state index contributed by atoms with van der Waals surface area (Å²) in [6.07, 6.45) is 0.455. The molecule has 2 aromatic rings. The van der Waals surface area contributed by atoms with Crippen LogP contribution in [0, 0.1) is 12.7 Å². The molecule has 3 rings (SSSR count). The average molecular weight is 369 g/mol. The van der Waals surface area contributed by atoms with Gasteiger partial charge >= 0.3 is 0 Å². The van der Waals surface area contributed by atoms with Crippen LogP contribution in [0.1, 0.15) is 24.0 Å². The second-order valence-corrected chi connectivity index (χ2v) is 6.28. The lowest BCUT2D eigenvalue weighted by Gasteiger charge is -2.23. The molecule has 0 spiro atoms. The number of halogens is 1. The summed E-state index contributed by atoms with van der Waals surface area (Å²) in [6, 6.07) is 11.3. The third-order valence-corrected chi connectivity index (χ3v) is 4.22. The number of ether oxygens (including phenoxy) is 1. The summed E-state index contributed by atoms with van der Waals surface area (Å²) in [4.78, 5) is 24.7. The van der Waals surface area contributed by atoms with Crippen LogP contribution in [0.15, 0.2) is 47.6 Å². The first-order valence-corrected chi connectivity index (χ1v) is 8.54. The van der Waals surface area contributed by atoms with Gasteiger partial charge in [-0.1, -0.05) is 18.2 Å². The van der Waals surface area contributed by atoms with Crippen molar-refractivity contribution in [2.75, 3.05) is 12.4 Å². The van der Waals surface area contributed by atoms with E-state index in [-0.39, 0.29) is 42.7 Å². The van der Waals surface area contributed by atoms with Crippen molar-refractivity contribution >= 4 is 23.2 Å². The van der Waals surface area contributed by atoms with Crippen LogP contribution in [-0.2, 0) is 16.1 Å². The number of aryl methyl sites for hydroxylation is 1. The maximum absolute atomic E-state index is 13.0. The average Bonchev–Trinajstić information content (AvgIpc) is 2.65. The minimum atomic E-state index is -0.379. The molecule has 0 atom stereocenters. The summed E-state index contributed by atoms with van der Waals surface area (Å²) in [5.41, 5.74) is 2.52. The molecule has 2 amide bonds. The summed E-state index contributed by atoms with van der Waals surface area (Å²) in [5, 5.41) is 8.25. The lowest BCUT2D eigenvalue weighted by molar-refractivity contribution is -0.132. The highest BCUT2D eigenvalue weighted by Gasteiger charge is 2.25. The third kappa shape index (κ3) is 4.49. The Labute approximate surface area is 156 Å². The van der Waals surface area contributed by atoms with Crippen molar-refractivity contribution in [2.24, 2.45) is 5.10 Å². The van der Waals surface area contributed by atoms with Crippen LogP contribution in [0.4, 0.5) is 10.1 Å². The Hall–Kier alpha value is -3.22. The van der Waals surface area contributed by atoms with Gasteiger partial charge in [0.1, 0.15) is 17.3 Å². The zero-order chi connectivity index (χ0) is 19.4. The van der Waals surface area contributed by atoms with Gasteiger partial charge < -0.3 is 10.1 Å². The number of carbonyl (C=O) groups excluding carboxylic acids is 2. The van der Waals surface area contributed by atoms with Crippen molar-refractivity contribution in [3.8, 4) is 5.75 Å². The zero-order valence-corrected chi connectivity index (χ0v) is 15.2. The van der Waals surface area contributed by atoms with Gasteiger partial charge in [-0.3, -0.25) is 9.59 Å². The quantitative estimate of drug-likeness (QED) is 0.879. The summed E-state index contributed by atoms with van der Waals surface area (Å²) in [7, 11) is 1.53. The first-order chi connectivity index (χ1) is 13.0. The Morgan fingerprint density at radius 1 is 1.22 bits per heavy atom. The summed E-state index contributed by atoms with van der Waals surface area (Å²) in [6.45, 7) is 2.10. The standard InChI is InChI=1S/C20H20FN3O3/c1-13-3-9-18(27-2)17(11-13)22-20(26)16-8-10-19(25)24(23-16)12-14-4-6-15(21)7-5-14/h3-7,9,11H,8,10,12H2,1-2H3,(H,22,26). The van der Waals surface area contributed by atoms with Crippen LogP contribution in [0.5, 0.6) is 5.75 Å². The molecule has 1 N–H and O–H groups in total. The maximum atomic E-state index is 13.0. The van der Waals surface area contributed by atoms with E-state index in [0.29, 0.717) is 11.4 Å². The molecule has 0 unspecified atom stereocenters. The van der Waals surface area contributed by atoms with Crippen LogP contribution in [0.2, 0.25) is 0 Å². The van der Waals surface area contributed by atoms with E-state index in [0.717, 1.165) is 11.1 Å². The Bertz CT molecular complexity index is 894. The van der Waals surface area contributed by atoms with E-state index in [9.17, 15) is 14.0 Å². The van der Waals surface area contributed by atoms with Crippen LogP contribution in [-0.4, -0.2) is 29.6 Å². The predicted octanol–water partition coefficient (Wildman–Crippen LogP) is 3.26. The normalized spacial score (nSPS) is 14.0. The number of hydrogen-bond donors (Lipinski definition) is 1. The van der Waals surface area contributed by atoms with Crippen molar-refractivity contribution in [2.45, 2.75) is 26.3 Å². The second kappa shape index (κ2) is 7.99. The Morgan fingerprint density at radius 3 is 2.67 bits per heavy atom. The van der Waals surface area contributed by atoms with Gasteiger partial charge in [-0.15, -0.1) is 0 Å². The number of nitrogens with zero attached hydrogens (tertiary/aromatic N) is 2. The van der Waals surface area contributed by atoms with Crippen molar-refractivity contribution in [3.05, 3.63) is 59.4 Å². The van der Waals surface area contributed by atoms with Crippen LogP contribution in [0.3, 0.4) is 0 Å². The molecule has 0 fully saturated rings. The molecule has 0 aromatic heterocycles. The topological polar surface area (TPSA) is 71.0 Å². The summed E-state index contributed by atoms with van der Waals surface area (Å²) < 4.78 is 18.3. The van der Waals surface area contributed by atoms with Gasteiger partial charge in [-0.05, 0) is 42.3 Å². The van der Waals surface area contributed by atoms with Gasteiger partial charge in [0.25, 0.3) is 5.91 Å². The number of benzene rings is 2. The van der Waals surface area contributed by atoms with E-state index >= 15 is 0 Å². The number of carbonyl (C=O) groups is 2. The number of amides is 2. The van der Waals surface area contributed by atoms with E-state index in [1.54, 1.807) is 18.2 Å². The lowest BCUT2D eigenvalue weighted by Crippen LogP contribution is -2.36. The number of hydrogen-bond acceptors (Lipinski definition) is 4. The molecule has 0 saturated heterocycles. The maximum Gasteiger partial charge on any atom is 0.271 e. The highest BCUT2D eigenvalue weighted by molar-refractivity contribution is 6.43. The summed E-state index contributed by atoms with van der Waals surface area (Å²) in [5.74, 6) is -0.358. The predicted molar refractivity (Wildman–Crippen MR) is 100.0 cm³/mol. The number of methoxy groups -OCH3 is 1. The minimum Gasteiger partial charge on any atom is -0.495 e. The molecule has 0 radical (unpaired) electrons. The molecular weight excluding hydrogens is 349 g/mol. The molecule has 0 bridgehead atoms. The fraction of sp³-hybridized carbons (Fsp3) is 0.250. The van der Waals surface area contributed by atoms with Gasteiger partial charge in [-0.2, -0.15) is 5.10 Å². The van der Waals surface area contributed by atoms with E-state index in [4.69, 9.17) is 4.74 Å². The lowest BCUT2D eigenvalue weighted by atomic mass is 10.1. The molecule has 1 heterocycles. The number of anilines is 1. The highest BCUT2D eigenvalue weighted by atomic mass is 19.1. The van der Waals surface area contributed by atoms with Gasteiger partial charge in [0.2, 0.25) is 5.91 Å². The van der Waals surface area contributed by atoms with Crippen LogP contribution in [0.25, 0.3) is 0 Å². The SMILES string of the molecule is COc1ccc(C)cc1NC(=O)C1=NN(Cc2ccc(F)cc2)C(=O)CC1. The molecule has 27 heavy (non-hydrogen) atoms. The molecule has 1 aliphatic rings. The Kier molecular flexibility index (Phi) is 5.49. The Morgan fingerprint density at radius 2 is 1.96 bits per heavy atom. The van der Waals surface area contributed by atoms with E-state index in [1.807, 2.05) is 19.1 Å². The largest absolute Gasteiger partial charge is 0.495 e. The Balaban J connectivity index is 1.77. The minimum absolute atomic E-state index is 0.177. The number of nitrogens with one attached hydrogen (secondary N) is 1. The molecule has 6 nitrogen and oxygen atoms in total. The third-order valence-electron chi connectivity index (χ3n) is 4.22. The molecule has 140 valence electrons. The molecule has 0 aliphatic carbocycles. The van der Waals surface area contributed by atoms with Gasteiger partial charge in [0.05, 0.1) is 19.3 Å². The van der Waals surface area contributed by atoms with E-state index < -0.39 is 0 Å². The second-order valence-electron chi connectivity index (χ2n) is 6.28. The van der Waals surface area contributed by atoms with Gasteiger partial charge in [0, 0.05) is 12.8 Å². The zero-order valence-electron chi connectivity index (χ0n) is 15.2. The van der Waals surface area contributed by atoms with Crippen molar-refractivity contribution in [1.82, 2.24) is 5.01 Å². The first kappa shape index (κ1) is 18.6.